The van der Waals surface area contributed by atoms with Crippen LogP contribution in [0, 0.1) is 5.82 Å². The SMILES string of the molecule is CC(c1cccs1)N(C)C(=O)c1cccc(F)c1Br. The molecule has 2 nitrogen and oxygen atoms in total. The van der Waals surface area contributed by atoms with Crippen molar-refractivity contribution in [2.45, 2.75) is 13.0 Å². The lowest BCUT2D eigenvalue weighted by Gasteiger charge is -2.24. The van der Waals surface area contributed by atoms with Crippen molar-refractivity contribution in [1.82, 2.24) is 4.90 Å². The molecular formula is C14H13BrFNOS. The van der Waals surface area contributed by atoms with Crippen molar-refractivity contribution in [2.75, 3.05) is 7.05 Å². The molecule has 0 aliphatic carbocycles. The summed E-state index contributed by atoms with van der Waals surface area (Å²) in [4.78, 5) is 15.1. The Morgan fingerprint density at radius 3 is 2.74 bits per heavy atom. The Hall–Kier alpha value is -1.20. The van der Waals surface area contributed by atoms with Gasteiger partial charge in [0.2, 0.25) is 0 Å². The molecule has 0 aliphatic heterocycles. The monoisotopic (exact) mass is 341 g/mol. The average molecular weight is 342 g/mol. The second-order valence-electron chi connectivity index (χ2n) is 4.21. The number of amides is 1. The summed E-state index contributed by atoms with van der Waals surface area (Å²) >= 11 is 4.73. The molecule has 0 aliphatic rings. The molecule has 2 rings (SSSR count). The van der Waals surface area contributed by atoms with E-state index in [2.05, 4.69) is 15.9 Å². The van der Waals surface area contributed by atoms with Gasteiger partial charge in [0.15, 0.2) is 0 Å². The number of halogens is 2. The van der Waals surface area contributed by atoms with Gasteiger partial charge in [-0.25, -0.2) is 4.39 Å². The standard InChI is InChI=1S/C14H13BrFNOS/c1-9(12-7-4-8-19-12)17(2)14(18)10-5-3-6-11(16)13(10)15/h3-9H,1-2H3. The predicted molar refractivity (Wildman–Crippen MR) is 78.9 cm³/mol. The Kier molecular flexibility index (Phi) is 4.37. The van der Waals surface area contributed by atoms with Gasteiger partial charge in [-0.1, -0.05) is 12.1 Å². The van der Waals surface area contributed by atoms with Crippen molar-refractivity contribution in [3.05, 3.63) is 56.4 Å². The smallest absolute Gasteiger partial charge is 0.255 e. The molecular weight excluding hydrogens is 329 g/mol. The lowest BCUT2D eigenvalue weighted by Crippen LogP contribution is -2.29. The highest BCUT2D eigenvalue weighted by Crippen LogP contribution is 2.27. The largest absolute Gasteiger partial charge is 0.334 e. The Morgan fingerprint density at radius 1 is 1.37 bits per heavy atom. The zero-order chi connectivity index (χ0) is 14.0. The molecule has 2 aromatic rings. The summed E-state index contributed by atoms with van der Waals surface area (Å²) < 4.78 is 13.7. The van der Waals surface area contributed by atoms with Gasteiger partial charge in [0.1, 0.15) is 5.82 Å². The molecule has 0 N–H and O–H groups in total. The Balaban J connectivity index is 2.26. The third-order valence-electron chi connectivity index (χ3n) is 3.04. The summed E-state index contributed by atoms with van der Waals surface area (Å²) in [6.07, 6.45) is 0. The van der Waals surface area contributed by atoms with E-state index in [1.807, 2.05) is 24.4 Å². The van der Waals surface area contributed by atoms with Crippen LogP contribution in [-0.4, -0.2) is 17.9 Å². The number of carbonyl (C=O) groups excluding carboxylic acids is 1. The molecule has 19 heavy (non-hydrogen) atoms. The van der Waals surface area contributed by atoms with Gasteiger partial charge < -0.3 is 4.90 Å². The van der Waals surface area contributed by atoms with Crippen molar-refractivity contribution in [1.29, 1.82) is 0 Å². The molecule has 1 aromatic heterocycles. The Labute approximate surface area is 124 Å². The molecule has 0 saturated heterocycles. The van der Waals surface area contributed by atoms with Crippen molar-refractivity contribution in [2.24, 2.45) is 0 Å². The molecule has 0 fully saturated rings. The number of carbonyl (C=O) groups is 1. The van der Waals surface area contributed by atoms with Crippen LogP contribution in [0.1, 0.15) is 28.2 Å². The normalized spacial score (nSPS) is 12.2. The van der Waals surface area contributed by atoms with E-state index in [1.54, 1.807) is 29.4 Å². The van der Waals surface area contributed by atoms with Crippen LogP contribution in [0.25, 0.3) is 0 Å². The van der Waals surface area contributed by atoms with Gasteiger partial charge in [0.05, 0.1) is 16.1 Å². The number of benzene rings is 1. The Morgan fingerprint density at radius 2 is 2.11 bits per heavy atom. The molecule has 1 aromatic carbocycles. The van der Waals surface area contributed by atoms with Crippen molar-refractivity contribution >= 4 is 33.2 Å². The number of thiophene rings is 1. The van der Waals surface area contributed by atoms with Crippen LogP contribution in [-0.2, 0) is 0 Å². The van der Waals surface area contributed by atoms with E-state index in [-0.39, 0.29) is 16.4 Å². The van der Waals surface area contributed by atoms with Gasteiger partial charge >= 0.3 is 0 Å². The van der Waals surface area contributed by atoms with E-state index in [0.717, 1.165) is 4.88 Å². The maximum Gasteiger partial charge on any atom is 0.255 e. The first-order valence-corrected chi connectivity index (χ1v) is 7.44. The fourth-order valence-corrected chi connectivity index (χ4v) is 3.02. The first-order valence-electron chi connectivity index (χ1n) is 5.77. The second-order valence-corrected chi connectivity index (χ2v) is 5.98. The minimum atomic E-state index is -0.428. The highest BCUT2D eigenvalue weighted by Gasteiger charge is 2.22. The van der Waals surface area contributed by atoms with Gasteiger partial charge in [0.25, 0.3) is 5.91 Å². The first-order chi connectivity index (χ1) is 9.02. The van der Waals surface area contributed by atoms with E-state index in [0.29, 0.717) is 5.56 Å². The molecule has 1 heterocycles. The topological polar surface area (TPSA) is 20.3 Å². The maximum atomic E-state index is 13.5. The van der Waals surface area contributed by atoms with Crippen molar-refractivity contribution in [3.8, 4) is 0 Å². The predicted octanol–water partition coefficient (Wildman–Crippen LogP) is 4.48. The minimum absolute atomic E-state index is 0.0392. The van der Waals surface area contributed by atoms with Crippen molar-refractivity contribution < 1.29 is 9.18 Å². The molecule has 0 radical (unpaired) electrons. The van der Waals surface area contributed by atoms with Crippen LogP contribution in [0.15, 0.2) is 40.2 Å². The minimum Gasteiger partial charge on any atom is -0.334 e. The van der Waals surface area contributed by atoms with Gasteiger partial charge in [-0.3, -0.25) is 4.79 Å². The fraction of sp³-hybridized carbons (Fsp3) is 0.214. The maximum absolute atomic E-state index is 13.5. The van der Waals surface area contributed by atoms with Crippen LogP contribution >= 0.6 is 27.3 Å². The molecule has 1 unspecified atom stereocenters. The molecule has 1 atom stereocenters. The Bertz CT molecular complexity index is 585. The van der Waals surface area contributed by atoms with Crippen molar-refractivity contribution in [3.63, 3.8) is 0 Å². The number of rotatable bonds is 3. The summed E-state index contributed by atoms with van der Waals surface area (Å²) in [6, 6.07) is 8.38. The number of hydrogen-bond donors (Lipinski definition) is 0. The second kappa shape index (κ2) is 5.84. The van der Waals surface area contributed by atoms with Crippen LogP contribution in [0.4, 0.5) is 4.39 Å². The number of hydrogen-bond acceptors (Lipinski definition) is 2. The lowest BCUT2D eigenvalue weighted by molar-refractivity contribution is 0.0743. The molecule has 0 saturated carbocycles. The van der Waals surface area contributed by atoms with E-state index in [4.69, 9.17) is 0 Å². The highest BCUT2D eigenvalue weighted by atomic mass is 79.9. The van der Waals surface area contributed by atoms with Crippen LogP contribution in [0.5, 0.6) is 0 Å². The van der Waals surface area contributed by atoms with Crippen LogP contribution in [0.3, 0.4) is 0 Å². The van der Waals surface area contributed by atoms with Gasteiger partial charge in [-0.05, 0) is 46.4 Å². The zero-order valence-corrected chi connectivity index (χ0v) is 13.0. The summed E-state index contributed by atoms with van der Waals surface area (Å²) in [7, 11) is 1.73. The molecule has 0 spiro atoms. The molecule has 0 bridgehead atoms. The number of nitrogens with zero attached hydrogens (tertiary/aromatic N) is 1. The molecule has 100 valence electrons. The van der Waals surface area contributed by atoms with E-state index in [1.165, 1.54) is 12.1 Å². The van der Waals surface area contributed by atoms with Crippen LogP contribution < -0.4 is 0 Å². The third kappa shape index (κ3) is 2.87. The summed E-state index contributed by atoms with van der Waals surface area (Å²) in [6.45, 7) is 1.96. The quantitative estimate of drug-likeness (QED) is 0.805. The van der Waals surface area contributed by atoms with E-state index in [9.17, 15) is 9.18 Å². The summed E-state index contributed by atoms with van der Waals surface area (Å²) in [5.74, 6) is -0.629. The summed E-state index contributed by atoms with van der Waals surface area (Å²) in [5, 5.41) is 1.97. The van der Waals surface area contributed by atoms with Gasteiger partial charge in [-0.15, -0.1) is 11.3 Å². The highest BCUT2D eigenvalue weighted by molar-refractivity contribution is 9.10. The lowest BCUT2D eigenvalue weighted by atomic mass is 10.1. The van der Waals surface area contributed by atoms with E-state index >= 15 is 0 Å². The van der Waals surface area contributed by atoms with Crippen LogP contribution in [0.2, 0.25) is 0 Å². The first kappa shape index (κ1) is 14.2. The van der Waals surface area contributed by atoms with E-state index < -0.39 is 5.82 Å². The summed E-state index contributed by atoms with van der Waals surface area (Å²) in [5.41, 5.74) is 0.339. The van der Waals surface area contributed by atoms with Gasteiger partial charge in [-0.2, -0.15) is 0 Å². The van der Waals surface area contributed by atoms with Gasteiger partial charge in [0, 0.05) is 11.9 Å². The fourth-order valence-electron chi connectivity index (χ4n) is 1.75. The third-order valence-corrected chi connectivity index (χ3v) is 4.89. The molecule has 1 amide bonds. The average Bonchev–Trinajstić information content (AvgIpc) is 2.93. The zero-order valence-electron chi connectivity index (χ0n) is 10.6. The molecule has 5 heteroatoms.